The Morgan fingerprint density at radius 1 is 1.63 bits per heavy atom. The molecule has 0 saturated carbocycles. The minimum Gasteiger partial charge on any atom is -0.317 e. The number of amides is 1. The van der Waals surface area contributed by atoms with Crippen molar-refractivity contribution in [1.82, 2.24) is 4.90 Å². The largest absolute Gasteiger partial charge is 0.317 e. The highest BCUT2D eigenvalue weighted by molar-refractivity contribution is 7.14. The maximum absolute atomic E-state index is 11.8. The van der Waals surface area contributed by atoms with Crippen LogP contribution in [0.15, 0.2) is 11.4 Å². The number of anilines is 1. The Labute approximate surface area is 119 Å². The number of hydrogen-bond acceptors (Lipinski definition) is 4. The SMILES string of the molecule is CCCC(C)N(C)CCC(=O)Nc1sccc1C#N. The topological polar surface area (TPSA) is 56.1 Å². The number of rotatable bonds is 7. The standard InChI is InChI=1S/C14H21N3OS/c1-4-5-11(2)17(3)8-6-13(18)16-14-12(10-15)7-9-19-14/h7,9,11H,4-6,8H2,1-3H3,(H,16,18). The number of hydrogen-bond donors (Lipinski definition) is 1. The molecule has 0 aromatic carbocycles. The first kappa shape index (κ1) is 15.7. The normalized spacial score (nSPS) is 12.2. The maximum atomic E-state index is 11.8. The lowest BCUT2D eigenvalue weighted by Crippen LogP contribution is -2.31. The van der Waals surface area contributed by atoms with Crippen LogP contribution >= 0.6 is 11.3 Å². The Hall–Kier alpha value is -1.38. The highest BCUT2D eigenvalue weighted by Gasteiger charge is 2.12. The van der Waals surface area contributed by atoms with Gasteiger partial charge in [0.05, 0.1) is 5.56 Å². The summed E-state index contributed by atoms with van der Waals surface area (Å²) in [5.74, 6) is -0.0329. The van der Waals surface area contributed by atoms with Gasteiger partial charge in [0, 0.05) is 19.0 Å². The summed E-state index contributed by atoms with van der Waals surface area (Å²) >= 11 is 1.38. The molecule has 0 aliphatic rings. The molecule has 4 nitrogen and oxygen atoms in total. The molecule has 1 amide bonds. The Morgan fingerprint density at radius 3 is 3.00 bits per heavy atom. The highest BCUT2D eigenvalue weighted by Crippen LogP contribution is 2.22. The molecule has 0 spiro atoms. The van der Waals surface area contributed by atoms with E-state index in [2.05, 4.69) is 30.1 Å². The number of carbonyl (C=O) groups is 1. The summed E-state index contributed by atoms with van der Waals surface area (Å²) in [6, 6.07) is 4.28. The quantitative estimate of drug-likeness (QED) is 0.834. The van der Waals surface area contributed by atoms with E-state index in [0.717, 1.165) is 19.4 Å². The minimum absolute atomic E-state index is 0.0329. The molecule has 1 aromatic rings. The van der Waals surface area contributed by atoms with Crippen LogP contribution in [0.1, 0.15) is 38.7 Å². The summed E-state index contributed by atoms with van der Waals surface area (Å²) < 4.78 is 0. The third kappa shape index (κ3) is 5.01. The van der Waals surface area contributed by atoms with Gasteiger partial charge in [-0.25, -0.2) is 0 Å². The summed E-state index contributed by atoms with van der Waals surface area (Å²) in [6.07, 6.45) is 2.74. The van der Waals surface area contributed by atoms with Crippen molar-refractivity contribution in [3.63, 3.8) is 0 Å². The fraction of sp³-hybridized carbons (Fsp3) is 0.571. The second kappa shape index (κ2) is 7.93. The molecule has 0 aliphatic heterocycles. The summed E-state index contributed by atoms with van der Waals surface area (Å²) in [4.78, 5) is 14.0. The van der Waals surface area contributed by atoms with Gasteiger partial charge in [0.15, 0.2) is 0 Å². The number of carbonyl (C=O) groups excluding carboxylic acids is 1. The summed E-state index contributed by atoms with van der Waals surface area (Å²) in [7, 11) is 2.04. The molecule has 0 bridgehead atoms. The van der Waals surface area contributed by atoms with E-state index >= 15 is 0 Å². The molecule has 0 radical (unpaired) electrons. The number of thiophene rings is 1. The van der Waals surface area contributed by atoms with Gasteiger partial charge in [-0.3, -0.25) is 4.79 Å². The highest BCUT2D eigenvalue weighted by atomic mass is 32.1. The van der Waals surface area contributed by atoms with E-state index in [4.69, 9.17) is 5.26 Å². The van der Waals surface area contributed by atoms with Gasteiger partial charge < -0.3 is 10.2 Å². The fourth-order valence-corrected chi connectivity index (χ4v) is 2.57. The molecule has 1 atom stereocenters. The third-order valence-corrected chi connectivity index (χ3v) is 4.02. The molecule has 19 heavy (non-hydrogen) atoms. The third-order valence-electron chi connectivity index (χ3n) is 3.19. The van der Waals surface area contributed by atoms with Crippen LogP contribution in [0.5, 0.6) is 0 Å². The van der Waals surface area contributed by atoms with Crippen LogP contribution in [0.3, 0.4) is 0 Å². The molecule has 0 fully saturated rings. The van der Waals surface area contributed by atoms with E-state index in [9.17, 15) is 4.79 Å². The van der Waals surface area contributed by atoms with Crippen molar-refractivity contribution in [2.24, 2.45) is 0 Å². The average molecular weight is 279 g/mol. The summed E-state index contributed by atoms with van der Waals surface area (Å²) in [5.41, 5.74) is 0.533. The molecule has 5 heteroatoms. The fourth-order valence-electron chi connectivity index (χ4n) is 1.82. The van der Waals surface area contributed by atoms with E-state index in [1.54, 1.807) is 6.07 Å². The zero-order valence-corrected chi connectivity index (χ0v) is 12.6. The molecule has 104 valence electrons. The molecule has 1 rings (SSSR count). The Morgan fingerprint density at radius 2 is 2.37 bits per heavy atom. The summed E-state index contributed by atoms with van der Waals surface area (Å²) in [5, 5.41) is 14.1. The lowest BCUT2D eigenvalue weighted by Gasteiger charge is -2.23. The van der Waals surface area contributed by atoms with Crippen LogP contribution < -0.4 is 5.32 Å². The first-order valence-corrected chi connectivity index (χ1v) is 7.44. The summed E-state index contributed by atoms with van der Waals surface area (Å²) in [6.45, 7) is 5.08. The van der Waals surface area contributed by atoms with Gasteiger partial charge in [-0.15, -0.1) is 11.3 Å². The van der Waals surface area contributed by atoms with Gasteiger partial charge in [-0.05, 0) is 31.8 Å². The van der Waals surface area contributed by atoms with Gasteiger partial charge in [0.2, 0.25) is 5.91 Å². The van der Waals surface area contributed by atoms with Crippen LogP contribution in [0.25, 0.3) is 0 Å². The van der Waals surface area contributed by atoms with Crippen molar-refractivity contribution in [3.05, 3.63) is 17.0 Å². The van der Waals surface area contributed by atoms with Crippen molar-refractivity contribution in [2.75, 3.05) is 18.9 Å². The number of nitrogens with zero attached hydrogens (tertiary/aromatic N) is 2. The first-order valence-electron chi connectivity index (χ1n) is 6.56. The molecule has 1 aromatic heterocycles. The van der Waals surface area contributed by atoms with Crippen molar-refractivity contribution in [2.45, 2.75) is 39.2 Å². The Kier molecular flexibility index (Phi) is 6.54. The van der Waals surface area contributed by atoms with E-state index in [0.29, 0.717) is 23.0 Å². The van der Waals surface area contributed by atoms with Crippen molar-refractivity contribution >= 4 is 22.2 Å². The molecule has 1 unspecified atom stereocenters. The molecular weight excluding hydrogens is 258 g/mol. The predicted octanol–water partition coefficient (Wildman–Crippen LogP) is 3.07. The monoisotopic (exact) mass is 279 g/mol. The van der Waals surface area contributed by atoms with Crippen LogP contribution in [-0.4, -0.2) is 30.4 Å². The lowest BCUT2D eigenvalue weighted by molar-refractivity contribution is -0.116. The molecule has 0 aliphatic carbocycles. The predicted molar refractivity (Wildman–Crippen MR) is 79.3 cm³/mol. The van der Waals surface area contributed by atoms with Crippen LogP contribution in [0, 0.1) is 11.3 Å². The average Bonchev–Trinajstić information content (AvgIpc) is 2.83. The molecular formula is C14H21N3OS. The molecule has 1 N–H and O–H groups in total. The van der Waals surface area contributed by atoms with E-state index < -0.39 is 0 Å². The second-order valence-electron chi connectivity index (χ2n) is 4.69. The van der Waals surface area contributed by atoms with E-state index in [1.807, 2.05) is 12.4 Å². The minimum atomic E-state index is -0.0329. The number of nitriles is 1. The zero-order chi connectivity index (χ0) is 14.3. The second-order valence-corrected chi connectivity index (χ2v) is 5.61. The maximum Gasteiger partial charge on any atom is 0.226 e. The van der Waals surface area contributed by atoms with Gasteiger partial charge in [-0.2, -0.15) is 5.26 Å². The smallest absolute Gasteiger partial charge is 0.226 e. The van der Waals surface area contributed by atoms with Crippen LogP contribution in [0.2, 0.25) is 0 Å². The van der Waals surface area contributed by atoms with Gasteiger partial charge >= 0.3 is 0 Å². The first-order chi connectivity index (χ1) is 9.08. The van der Waals surface area contributed by atoms with Gasteiger partial charge in [0.1, 0.15) is 11.1 Å². The Balaban J connectivity index is 2.38. The van der Waals surface area contributed by atoms with Crippen LogP contribution in [0.4, 0.5) is 5.00 Å². The molecule has 0 saturated heterocycles. The molecule has 1 heterocycles. The van der Waals surface area contributed by atoms with Gasteiger partial charge in [-0.1, -0.05) is 13.3 Å². The van der Waals surface area contributed by atoms with Crippen molar-refractivity contribution < 1.29 is 4.79 Å². The van der Waals surface area contributed by atoms with Crippen molar-refractivity contribution in [3.8, 4) is 6.07 Å². The van der Waals surface area contributed by atoms with Crippen LogP contribution in [-0.2, 0) is 4.79 Å². The van der Waals surface area contributed by atoms with E-state index in [-0.39, 0.29) is 5.91 Å². The van der Waals surface area contributed by atoms with E-state index in [1.165, 1.54) is 11.3 Å². The van der Waals surface area contributed by atoms with Gasteiger partial charge in [0.25, 0.3) is 0 Å². The zero-order valence-electron chi connectivity index (χ0n) is 11.8. The Bertz CT molecular complexity index is 450. The number of nitrogens with one attached hydrogen (secondary N) is 1. The van der Waals surface area contributed by atoms with Crippen molar-refractivity contribution in [1.29, 1.82) is 5.26 Å². The lowest BCUT2D eigenvalue weighted by atomic mass is 10.1.